The predicted octanol–water partition coefficient (Wildman–Crippen LogP) is 9.99. The van der Waals surface area contributed by atoms with E-state index in [2.05, 4.69) is 110 Å². The van der Waals surface area contributed by atoms with Crippen molar-refractivity contribution in [3.8, 4) is 21.7 Å². The van der Waals surface area contributed by atoms with Crippen molar-refractivity contribution in [2.24, 2.45) is 10.8 Å². The summed E-state index contributed by atoms with van der Waals surface area (Å²) in [5.41, 5.74) is 10.7. The van der Waals surface area contributed by atoms with Gasteiger partial charge in [0.2, 0.25) is 0 Å². The lowest BCUT2D eigenvalue weighted by Gasteiger charge is -2.22. The summed E-state index contributed by atoms with van der Waals surface area (Å²) in [5.74, 6) is 0. The normalized spacial score (nSPS) is 14.7. The molecule has 0 N–H and O–H groups in total. The third kappa shape index (κ3) is 4.35. The summed E-state index contributed by atoms with van der Waals surface area (Å²) in [6, 6.07) is 20.8. The molecule has 5 aromatic rings. The molecule has 3 heteroatoms. The average molecular weight is 519 g/mol. The fourth-order valence-electron chi connectivity index (χ4n) is 6.23. The summed E-state index contributed by atoms with van der Waals surface area (Å²) in [5, 5.41) is 2.55. The lowest BCUT2D eigenvalue weighted by Crippen LogP contribution is -2.15. The topological polar surface area (TPSA) is 25.8 Å². The molecule has 0 unspecified atom stereocenters. The molecule has 0 saturated heterocycles. The standard InChI is InChI=1S/C35H38N2S/c1-33(2,3)18-21-9-11-23-12-13-24(17-25(23)15-21)29-32-30(37-20-36-29)28-31(38-32)26-16-22(19-34(4,5)6)10-14-27(26)35(28,7)8/h9-17,20H,18-19H2,1-8H3. The summed E-state index contributed by atoms with van der Waals surface area (Å²) < 4.78 is 1.20. The molecule has 0 saturated carbocycles. The van der Waals surface area contributed by atoms with Crippen LogP contribution in [0.3, 0.4) is 0 Å². The second kappa shape index (κ2) is 8.48. The number of benzene rings is 3. The van der Waals surface area contributed by atoms with Crippen LogP contribution < -0.4 is 0 Å². The van der Waals surface area contributed by atoms with Gasteiger partial charge in [-0.25, -0.2) is 9.97 Å². The first-order valence-corrected chi connectivity index (χ1v) is 14.6. The van der Waals surface area contributed by atoms with Crippen LogP contribution in [0.5, 0.6) is 0 Å². The lowest BCUT2D eigenvalue weighted by molar-refractivity contribution is 0.411. The second-order valence-corrected chi connectivity index (χ2v) is 15.1. The monoisotopic (exact) mass is 518 g/mol. The SMILES string of the molecule is CC(C)(C)Cc1ccc2c(c1)-c1sc3c(-c4ccc5ccc(CC(C)(C)C)cc5c4)ncnc3c1C2(C)C. The van der Waals surface area contributed by atoms with Crippen LogP contribution in [-0.2, 0) is 18.3 Å². The number of thiophene rings is 1. The Bertz CT molecular complexity index is 1710. The molecule has 194 valence electrons. The van der Waals surface area contributed by atoms with Gasteiger partial charge in [0.05, 0.1) is 15.9 Å². The highest BCUT2D eigenvalue weighted by Crippen LogP contribution is 2.56. The zero-order valence-electron chi connectivity index (χ0n) is 24.0. The van der Waals surface area contributed by atoms with Gasteiger partial charge in [-0.05, 0) is 68.8 Å². The molecule has 0 aliphatic heterocycles. The maximum absolute atomic E-state index is 4.88. The van der Waals surface area contributed by atoms with E-state index in [1.165, 1.54) is 48.2 Å². The van der Waals surface area contributed by atoms with Crippen molar-refractivity contribution >= 4 is 32.3 Å². The molecule has 38 heavy (non-hydrogen) atoms. The summed E-state index contributed by atoms with van der Waals surface area (Å²) >= 11 is 1.87. The average Bonchev–Trinajstić information content (AvgIpc) is 3.30. The summed E-state index contributed by atoms with van der Waals surface area (Å²) in [6.45, 7) is 18.5. The van der Waals surface area contributed by atoms with Gasteiger partial charge in [0.15, 0.2) is 0 Å². The Morgan fingerprint density at radius 1 is 0.737 bits per heavy atom. The minimum atomic E-state index is -0.0833. The van der Waals surface area contributed by atoms with Gasteiger partial charge in [-0.3, -0.25) is 0 Å². The van der Waals surface area contributed by atoms with E-state index < -0.39 is 0 Å². The van der Waals surface area contributed by atoms with Crippen molar-refractivity contribution < 1.29 is 0 Å². The Hall–Kier alpha value is -3.04. The van der Waals surface area contributed by atoms with Crippen molar-refractivity contribution in [2.45, 2.75) is 73.6 Å². The molecule has 0 fully saturated rings. The smallest absolute Gasteiger partial charge is 0.116 e. The fraction of sp³-hybridized carbons (Fsp3) is 0.371. The Morgan fingerprint density at radius 3 is 2.11 bits per heavy atom. The zero-order valence-corrected chi connectivity index (χ0v) is 24.8. The summed E-state index contributed by atoms with van der Waals surface area (Å²) in [4.78, 5) is 11.1. The Kier molecular flexibility index (Phi) is 5.63. The van der Waals surface area contributed by atoms with Gasteiger partial charge in [0, 0.05) is 21.4 Å². The number of nitrogens with zero attached hydrogens (tertiary/aromatic N) is 2. The van der Waals surface area contributed by atoms with Crippen LogP contribution in [0.2, 0.25) is 0 Å². The highest BCUT2D eigenvalue weighted by atomic mass is 32.1. The molecule has 6 rings (SSSR count). The highest BCUT2D eigenvalue weighted by molar-refractivity contribution is 7.23. The van der Waals surface area contributed by atoms with Gasteiger partial charge in [-0.2, -0.15) is 0 Å². The van der Waals surface area contributed by atoms with Crippen molar-refractivity contribution in [1.29, 1.82) is 0 Å². The van der Waals surface area contributed by atoms with Gasteiger partial charge >= 0.3 is 0 Å². The molecule has 0 atom stereocenters. The van der Waals surface area contributed by atoms with E-state index in [-0.39, 0.29) is 16.2 Å². The van der Waals surface area contributed by atoms with E-state index in [1.54, 1.807) is 6.33 Å². The van der Waals surface area contributed by atoms with Gasteiger partial charge in [0.25, 0.3) is 0 Å². The van der Waals surface area contributed by atoms with E-state index in [0.29, 0.717) is 0 Å². The van der Waals surface area contributed by atoms with Crippen LogP contribution in [0.25, 0.3) is 42.7 Å². The maximum atomic E-state index is 4.88. The van der Waals surface area contributed by atoms with E-state index in [9.17, 15) is 0 Å². The van der Waals surface area contributed by atoms with Gasteiger partial charge < -0.3 is 0 Å². The molecule has 2 nitrogen and oxygen atoms in total. The first kappa shape index (κ1) is 25.2. The molecule has 0 spiro atoms. The number of aromatic nitrogens is 2. The van der Waals surface area contributed by atoms with Crippen LogP contribution in [0.15, 0.2) is 60.9 Å². The molecule has 1 aliphatic rings. The number of fused-ring (bicyclic) bond motifs is 6. The fourth-order valence-corrected chi connectivity index (χ4v) is 7.69. The van der Waals surface area contributed by atoms with Crippen LogP contribution in [0.1, 0.15) is 77.6 Å². The Labute approximate surface area is 231 Å². The van der Waals surface area contributed by atoms with E-state index in [4.69, 9.17) is 9.97 Å². The molecule has 3 aromatic carbocycles. The van der Waals surface area contributed by atoms with Gasteiger partial charge in [-0.1, -0.05) is 97.9 Å². The first-order chi connectivity index (χ1) is 17.8. The van der Waals surface area contributed by atoms with E-state index >= 15 is 0 Å². The van der Waals surface area contributed by atoms with Crippen LogP contribution in [0, 0.1) is 10.8 Å². The third-order valence-electron chi connectivity index (χ3n) is 7.75. The number of rotatable bonds is 3. The first-order valence-electron chi connectivity index (χ1n) is 13.8. The highest BCUT2D eigenvalue weighted by Gasteiger charge is 2.40. The zero-order chi connectivity index (χ0) is 27.0. The molecular weight excluding hydrogens is 480 g/mol. The minimum Gasteiger partial charge on any atom is -0.235 e. The molecule has 0 bridgehead atoms. The van der Waals surface area contributed by atoms with Crippen molar-refractivity contribution in [3.63, 3.8) is 0 Å². The van der Waals surface area contributed by atoms with Crippen molar-refractivity contribution in [1.82, 2.24) is 9.97 Å². The Morgan fingerprint density at radius 2 is 1.39 bits per heavy atom. The van der Waals surface area contributed by atoms with Crippen molar-refractivity contribution in [3.05, 3.63) is 83.2 Å². The lowest BCUT2D eigenvalue weighted by atomic mass is 9.81. The molecule has 2 aromatic heterocycles. The summed E-state index contributed by atoms with van der Waals surface area (Å²) in [7, 11) is 0. The quantitative estimate of drug-likeness (QED) is 0.237. The molecule has 1 aliphatic carbocycles. The van der Waals surface area contributed by atoms with Crippen LogP contribution in [0.4, 0.5) is 0 Å². The largest absolute Gasteiger partial charge is 0.235 e. The van der Waals surface area contributed by atoms with Gasteiger partial charge in [0.1, 0.15) is 6.33 Å². The van der Waals surface area contributed by atoms with E-state index in [0.717, 1.165) is 29.6 Å². The predicted molar refractivity (Wildman–Crippen MR) is 164 cm³/mol. The molecule has 2 heterocycles. The third-order valence-corrected chi connectivity index (χ3v) is 8.96. The minimum absolute atomic E-state index is 0.0833. The Balaban J connectivity index is 1.50. The molecular formula is C35H38N2S. The van der Waals surface area contributed by atoms with E-state index in [1.807, 2.05) is 11.3 Å². The van der Waals surface area contributed by atoms with Crippen molar-refractivity contribution in [2.75, 3.05) is 0 Å². The maximum Gasteiger partial charge on any atom is 0.116 e. The van der Waals surface area contributed by atoms with Crippen LogP contribution in [-0.4, -0.2) is 9.97 Å². The second-order valence-electron chi connectivity index (χ2n) is 14.1. The number of hydrogen-bond donors (Lipinski definition) is 0. The molecule has 0 amide bonds. The molecule has 0 radical (unpaired) electrons. The van der Waals surface area contributed by atoms with Crippen LogP contribution >= 0.6 is 11.3 Å². The van der Waals surface area contributed by atoms with Gasteiger partial charge in [-0.15, -0.1) is 11.3 Å². The number of hydrogen-bond acceptors (Lipinski definition) is 3. The summed E-state index contributed by atoms with van der Waals surface area (Å²) in [6.07, 6.45) is 3.89.